The van der Waals surface area contributed by atoms with Crippen molar-refractivity contribution in [2.24, 2.45) is 0 Å². The van der Waals surface area contributed by atoms with Crippen molar-refractivity contribution in [3.05, 3.63) is 591 Å². The summed E-state index contributed by atoms with van der Waals surface area (Å²) < 4.78 is 0. The molecular weight excluding hydrogens is 1740 g/mol. The molecule has 3 aliphatic rings. The molecule has 0 radical (unpaired) electrons. The molecule has 0 heterocycles. The fourth-order valence-corrected chi connectivity index (χ4v) is 23.6. The van der Waals surface area contributed by atoms with Gasteiger partial charge in [-0.3, -0.25) is 0 Å². The second-order valence-electron chi connectivity index (χ2n) is 38.4. The Morgan fingerprint density at radius 1 is 0.125 bits per heavy atom. The predicted molar refractivity (Wildman–Crippen MR) is 608 cm³/mol. The average molecular weight is 1840 g/mol. The first-order valence-corrected chi connectivity index (χ1v) is 49.9. The highest BCUT2D eigenvalue weighted by Gasteiger charge is 2.52. The van der Waals surface area contributed by atoms with Gasteiger partial charge in [-0.25, -0.2) is 0 Å². The van der Waals surface area contributed by atoms with Gasteiger partial charge in [0.1, 0.15) is 0 Å². The lowest BCUT2D eigenvalue weighted by molar-refractivity contribution is 0.660. The first kappa shape index (κ1) is 85.9. The molecule has 0 bridgehead atoms. The van der Waals surface area contributed by atoms with Gasteiger partial charge in [-0.15, -0.1) is 0 Å². The van der Waals surface area contributed by atoms with E-state index in [0.717, 1.165) is 79.4 Å². The van der Waals surface area contributed by atoms with E-state index in [9.17, 15) is 0 Å². The highest BCUT2D eigenvalue weighted by molar-refractivity contribution is 6.23. The molecule has 0 fully saturated rings. The molecule has 0 unspecified atom stereocenters. The molecule has 4 nitrogen and oxygen atoms in total. The molecule has 4 heteroatoms. The second-order valence-corrected chi connectivity index (χ2v) is 38.4. The molecule has 144 heavy (non-hydrogen) atoms. The van der Waals surface area contributed by atoms with Gasteiger partial charge in [0, 0.05) is 73.7 Å². The Kier molecular flexibility index (Phi) is 21.5. The number of rotatable bonds is 18. The zero-order valence-electron chi connectivity index (χ0n) is 79.9. The zero-order valence-corrected chi connectivity index (χ0v) is 79.9. The van der Waals surface area contributed by atoms with Gasteiger partial charge in [0.15, 0.2) is 0 Å². The smallest absolute Gasteiger partial charge is 0.0726 e. The lowest BCUT2D eigenvalue weighted by Gasteiger charge is -2.32. The van der Waals surface area contributed by atoms with Crippen LogP contribution >= 0.6 is 0 Å². The molecule has 24 aromatic carbocycles. The molecule has 24 aromatic rings. The second kappa shape index (κ2) is 36.1. The molecular formula is C140H98N4. The third kappa shape index (κ3) is 14.7. The van der Waals surface area contributed by atoms with E-state index in [1.165, 1.54) is 165 Å². The van der Waals surface area contributed by atoms with Crippen LogP contribution in [-0.2, 0) is 10.8 Å². The van der Waals surface area contributed by atoms with Crippen LogP contribution in [0.3, 0.4) is 0 Å². The molecule has 3 aliphatic carbocycles. The molecule has 0 aromatic heterocycles. The third-order valence-electron chi connectivity index (χ3n) is 30.1. The molecule has 0 saturated carbocycles. The summed E-state index contributed by atoms with van der Waals surface area (Å²) in [7, 11) is 0. The fraction of sp³-hybridized carbons (Fsp3) is 0.0286. The number of anilines is 12. The summed E-state index contributed by atoms with van der Waals surface area (Å²) in [5.74, 6) is 0. The average Bonchev–Trinajstić information content (AvgIpc) is 1.50. The Hall–Kier alpha value is -18.5. The molecule has 0 aliphatic heterocycles. The molecule has 0 N–H and O–H groups in total. The van der Waals surface area contributed by atoms with Gasteiger partial charge in [-0.1, -0.05) is 426 Å². The van der Waals surface area contributed by atoms with Crippen molar-refractivity contribution in [1.29, 1.82) is 0 Å². The van der Waals surface area contributed by atoms with Crippen molar-refractivity contribution < 1.29 is 0 Å². The van der Waals surface area contributed by atoms with Gasteiger partial charge >= 0.3 is 0 Å². The number of benzene rings is 24. The van der Waals surface area contributed by atoms with Crippen LogP contribution in [0.4, 0.5) is 68.2 Å². The monoisotopic (exact) mass is 1830 g/mol. The highest BCUT2D eigenvalue weighted by Crippen LogP contribution is 2.64. The van der Waals surface area contributed by atoms with Gasteiger partial charge in [-0.05, 0) is 322 Å². The van der Waals surface area contributed by atoms with Crippen LogP contribution in [0.15, 0.2) is 558 Å². The largest absolute Gasteiger partial charge is 0.311 e. The standard InChI is InChI=1S/C75H50N2.C65H48N2/c1-4-20-53(21-5-1)73-65-29-10-12-31-67(65)74(68-32-13-11-30-66(68)73)54-40-46-59(47-41-54)77(58-44-38-52(39-45-58)51-36-42-57(43-37-51)76(55-22-6-2-7-23-55)56-24-8-3-9-25-56)60-48-49-64-63-28-16-19-35-71(63)75(72(64)50-60)69-33-17-14-26-61(69)62-27-15-18-34-70(62)75;1-65(2)61-29-17-16-24-55(61)56-43-42-54(44-62(56)65)67(52-38-32-46(33-39-52)45-30-36-51(37-31-45)66(49-20-8-4-9-21-49)50-22-10-5-11-23-50)53-40-34-48(35-41-53)64-59-27-14-12-25-57(59)63(47-18-6-3-7-19-47)58-26-13-15-28-60(58)64/h1-50H;3-44H,1-2H3. The lowest BCUT2D eigenvalue weighted by atomic mass is 9.70. The van der Waals surface area contributed by atoms with Crippen LogP contribution in [0, 0.1) is 0 Å². The van der Waals surface area contributed by atoms with E-state index >= 15 is 0 Å². The topological polar surface area (TPSA) is 13.0 Å². The minimum absolute atomic E-state index is 0.127. The van der Waals surface area contributed by atoms with Crippen molar-refractivity contribution >= 4 is 111 Å². The van der Waals surface area contributed by atoms with E-state index in [1.54, 1.807) is 0 Å². The number of nitrogens with zero attached hydrogens (tertiary/aromatic N) is 4. The fourth-order valence-electron chi connectivity index (χ4n) is 23.6. The van der Waals surface area contributed by atoms with E-state index in [0.29, 0.717) is 0 Å². The quantitative estimate of drug-likeness (QED) is 0.0794. The Labute approximate surface area is 841 Å². The van der Waals surface area contributed by atoms with E-state index in [2.05, 4.69) is 592 Å². The van der Waals surface area contributed by atoms with Gasteiger partial charge in [-0.2, -0.15) is 0 Å². The van der Waals surface area contributed by atoms with E-state index in [1.807, 2.05) is 0 Å². The maximum absolute atomic E-state index is 2.49. The predicted octanol–water partition coefficient (Wildman–Crippen LogP) is 38.5. The Morgan fingerprint density at radius 3 is 0.569 bits per heavy atom. The van der Waals surface area contributed by atoms with Crippen molar-refractivity contribution in [3.63, 3.8) is 0 Å². The van der Waals surface area contributed by atoms with Gasteiger partial charge < -0.3 is 19.6 Å². The van der Waals surface area contributed by atoms with Crippen molar-refractivity contribution in [1.82, 2.24) is 0 Å². The van der Waals surface area contributed by atoms with E-state index in [-0.39, 0.29) is 5.41 Å². The van der Waals surface area contributed by atoms with Crippen LogP contribution in [0.1, 0.15) is 47.2 Å². The molecule has 0 saturated heterocycles. The minimum Gasteiger partial charge on any atom is -0.311 e. The summed E-state index contributed by atoms with van der Waals surface area (Å²) in [5.41, 5.74) is 43.1. The molecule has 0 atom stereocenters. The molecule has 27 rings (SSSR count). The number of hydrogen-bond acceptors (Lipinski definition) is 4. The molecule has 678 valence electrons. The van der Waals surface area contributed by atoms with Crippen LogP contribution in [-0.4, -0.2) is 0 Å². The molecule has 0 amide bonds. The van der Waals surface area contributed by atoms with Crippen molar-refractivity contribution in [3.8, 4) is 100 Å². The first-order chi connectivity index (χ1) is 71.2. The van der Waals surface area contributed by atoms with Gasteiger partial charge in [0.05, 0.1) is 5.41 Å². The highest BCUT2D eigenvalue weighted by atomic mass is 15.2. The summed E-state index contributed by atoms with van der Waals surface area (Å²) in [6.07, 6.45) is 0. The van der Waals surface area contributed by atoms with Crippen molar-refractivity contribution in [2.75, 3.05) is 19.6 Å². The third-order valence-corrected chi connectivity index (χ3v) is 30.1. The number of hydrogen-bond donors (Lipinski definition) is 0. The Bertz CT molecular complexity index is 8710. The SMILES string of the molecule is CC1(C)c2ccccc2-c2ccc(N(c3ccc(-c4ccc(N(c5ccccc5)c5ccccc5)cc4)cc3)c3ccc(-c4c5ccccc5c(-c5ccccc5)c5ccccc45)cc3)cc21.c1ccc(-c2c3ccccc3c(-c3ccc(N(c4ccc(-c5ccc(N(c6ccccc6)c6ccccc6)cc5)cc4)c4ccc5c(c4)C4(c6ccccc6-c6ccccc64)c4ccccc4-5)cc3)c3ccccc23)cc1. The van der Waals surface area contributed by atoms with Crippen LogP contribution < -0.4 is 19.6 Å². The van der Waals surface area contributed by atoms with Crippen LogP contribution in [0.25, 0.3) is 143 Å². The van der Waals surface area contributed by atoms with E-state index < -0.39 is 5.41 Å². The van der Waals surface area contributed by atoms with Gasteiger partial charge in [0.2, 0.25) is 0 Å². The maximum atomic E-state index is 2.49. The van der Waals surface area contributed by atoms with Crippen LogP contribution in [0.2, 0.25) is 0 Å². The van der Waals surface area contributed by atoms with Gasteiger partial charge in [0.25, 0.3) is 0 Å². The normalized spacial score (nSPS) is 12.5. The van der Waals surface area contributed by atoms with E-state index in [4.69, 9.17) is 0 Å². The number of fused-ring (bicyclic) bond motifs is 17. The first-order valence-electron chi connectivity index (χ1n) is 49.9. The summed E-state index contributed by atoms with van der Waals surface area (Å²) in [6.45, 7) is 4.72. The van der Waals surface area contributed by atoms with Crippen LogP contribution in [0.5, 0.6) is 0 Å². The lowest BCUT2D eigenvalue weighted by Crippen LogP contribution is -2.26. The summed E-state index contributed by atoms with van der Waals surface area (Å²) in [5, 5.41) is 10.0. The van der Waals surface area contributed by atoms with Crippen molar-refractivity contribution in [2.45, 2.75) is 24.7 Å². The summed E-state index contributed by atoms with van der Waals surface area (Å²) in [4.78, 5) is 9.48. The summed E-state index contributed by atoms with van der Waals surface area (Å²) >= 11 is 0. The Balaban J connectivity index is 0.000000148. The zero-order chi connectivity index (χ0) is 95.8. The molecule has 1 spiro atoms. The number of para-hydroxylation sites is 4. The summed E-state index contributed by atoms with van der Waals surface area (Å²) in [6, 6.07) is 205. The maximum Gasteiger partial charge on any atom is 0.0726 e. The Morgan fingerprint density at radius 2 is 0.299 bits per heavy atom. The minimum atomic E-state index is -0.467.